The zero-order valence-electron chi connectivity index (χ0n) is 15.5. The largest absolute Gasteiger partial charge is 0.456 e. The average Bonchev–Trinajstić information content (AvgIpc) is 2.96. The molecule has 1 amide bonds. The molecule has 5 nitrogen and oxygen atoms in total. The van der Waals surface area contributed by atoms with Crippen LogP contribution in [0.1, 0.15) is 51.5 Å². The summed E-state index contributed by atoms with van der Waals surface area (Å²) < 4.78 is 4.96. The van der Waals surface area contributed by atoms with Crippen molar-refractivity contribution >= 4 is 40.6 Å². The van der Waals surface area contributed by atoms with Gasteiger partial charge in [-0.3, -0.25) is 14.4 Å². The SMILES string of the molecule is Cc1cc(C(=O)CCC(=O)OCC(=O)N[C@H](C)c2ccc(Cl)cc2)c(C)s1. The second-order valence-electron chi connectivity index (χ2n) is 6.25. The number of hydrogen-bond donors (Lipinski definition) is 1. The van der Waals surface area contributed by atoms with Gasteiger partial charge in [0.05, 0.1) is 12.5 Å². The molecule has 0 aliphatic carbocycles. The predicted octanol–water partition coefficient (Wildman–Crippen LogP) is 4.40. The van der Waals surface area contributed by atoms with Crippen molar-refractivity contribution in [3.8, 4) is 0 Å². The van der Waals surface area contributed by atoms with Gasteiger partial charge in [0.15, 0.2) is 12.4 Å². The summed E-state index contributed by atoms with van der Waals surface area (Å²) in [6, 6.07) is 8.72. The Balaban J connectivity index is 1.73. The van der Waals surface area contributed by atoms with Gasteiger partial charge < -0.3 is 10.1 Å². The van der Waals surface area contributed by atoms with E-state index in [1.165, 1.54) is 0 Å². The number of halogens is 1. The third-order valence-electron chi connectivity index (χ3n) is 4.01. The highest BCUT2D eigenvalue weighted by atomic mass is 35.5. The van der Waals surface area contributed by atoms with Crippen molar-refractivity contribution in [3.05, 3.63) is 56.2 Å². The summed E-state index contributed by atoms with van der Waals surface area (Å²) in [7, 11) is 0. The van der Waals surface area contributed by atoms with Gasteiger partial charge in [0.25, 0.3) is 5.91 Å². The summed E-state index contributed by atoms with van der Waals surface area (Å²) in [5, 5.41) is 3.37. The topological polar surface area (TPSA) is 72.5 Å². The molecule has 27 heavy (non-hydrogen) atoms. The van der Waals surface area contributed by atoms with Crippen LogP contribution in [-0.2, 0) is 14.3 Å². The maximum absolute atomic E-state index is 12.2. The molecule has 0 saturated carbocycles. The second-order valence-corrected chi connectivity index (χ2v) is 8.15. The first kappa shape index (κ1) is 21.1. The summed E-state index contributed by atoms with van der Waals surface area (Å²) in [5.41, 5.74) is 1.55. The van der Waals surface area contributed by atoms with Gasteiger partial charge in [0.1, 0.15) is 0 Å². The number of ether oxygens (including phenoxy) is 1. The van der Waals surface area contributed by atoms with Crippen molar-refractivity contribution in [2.24, 2.45) is 0 Å². The standard InChI is InChI=1S/C20H22ClNO4S/c1-12-10-17(14(3)27-12)18(23)8-9-20(25)26-11-19(24)22-13(2)15-4-6-16(21)7-5-15/h4-7,10,13H,8-9,11H2,1-3H3,(H,22,24)/t13-/m1/s1. The Kier molecular flexibility index (Phi) is 7.56. The molecule has 7 heteroatoms. The van der Waals surface area contributed by atoms with E-state index in [4.69, 9.17) is 16.3 Å². The molecule has 0 radical (unpaired) electrons. The first-order valence-corrected chi connectivity index (χ1v) is 9.76. The Labute approximate surface area is 167 Å². The minimum atomic E-state index is -0.567. The van der Waals surface area contributed by atoms with Crippen molar-refractivity contribution in [2.45, 2.75) is 39.7 Å². The number of rotatable bonds is 8. The van der Waals surface area contributed by atoms with Crippen molar-refractivity contribution in [1.82, 2.24) is 5.32 Å². The monoisotopic (exact) mass is 407 g/mol. The summed E-state index contributed by atoms with van der Waals surface area (Å²) in [4.78, 5) is 37.9. The quantitative estimate of drug-likeness (QED) is 0.520. The number of thiophene rings is 1. The van der Waals surface area contributed by atoms with Crippen molar-refractivity contribution in [1.29, 1.82) is 0 Å². The Morgan fingerprint density at radius 1 is 1.15 bits per heavy atom. The van der Waals surface area contributed by atoms with E-state index in [2.05, 4.69) is 5.32 Å². The van der Waals surface area contributed by atoms with Crippen LogP contribution in [0.3, 0.4) is 0 Å². The first-order valence-electron chi connectivity index (χ1n) is 8.57. The normalized spacial score (nSPS) is 11.7. The highest BCUT2D eigenvalue weighted by Crippen LogP contribution is 2.22. The zero-order chi connectivity index (χ0) is 20.0. The van der Waals surface area contributed by atoms with Gasteiger partial charge in [-0.1, -0.05) is 23.7 Å². The average molecular weight is 408 g/mol. The highest BCUT2D eigenvalue weighted by Gasteiger charge is 2.16. The maximum Gasteiger partial charge on any atom is 0.306 e. The lowest BCUT2D eigenvalue weighted by atomic mass is 10.1. The summed E-state index contributed by atoms with van der Waals surface area (Å²) in [5.74, 6) is -1.06. The van der Waals surface area contributed by atoms with Gasteiger partial charge in [0, 0.05) is 26.8 Å². The molecule has 144 valence electrons. The molecule has 2 aromatic rings. The lowest BCUT2D eigenvalue weighted by Gasteiger charge is -2.14. The molecular weight excluding hydrogens is 386 g/mol. The molecule has 1 aromatic heterocycles. The number of Topliss-reactive ketones (excluding diaryl/α,β-unsaturated/α-hetero) is 1. The Morgan fingerprint density at radius 3 is 2.41 bits per heavy atom. The molecule has 1 aromatic carbocycles. The van der Waals surface area contributed by atoms with E-state index in [0.29, 0.717) is 10.6 Å². The number of ketones is 1. The van der Waals surface area contributed by atoms with Gasteiger partial charge in [0.2, 0.25) is 0 Å². The molecule has 0 unspecified atom stereocenters. The second kappa shape index (κ2) is 9.67. The number of hydrogen-bond acceptors (Lipinski definition) is 5. The number of amides is 1. The number of carbonyl (C=O) groups excluding carboxylic acids is 3. The molecule has 2 rings (SSSR count). The van der Waals surface area contributed by atoms with Gasteiger partial charge >= 0.3 is 5.97 Å². The van der Waals surface area contributed by atoms with E-state index in [-0.39, 0.29) is 31.3 Å². The number of carbonyl (C=O) groups is 3. The van der Waals surface area contributed by atoms with Crippen LogP contribution in [0.5, 0.6) is 0 Å². The smallest absolute Gasteiger partial charge is 0.306 e. The molecule has 0 saturated heterocycles. The molecule has 0 bridgehead atoms. The lowest BCUT2D eigenvalue weighted by Crippen LogP contribution is -2.31. The molecule has 1 N–H and O–H groups in total. The van der Waals surface area contributed by atoms with Gasteiger partial charge in [-0.15, -0.1) is 11.3 Å². The van der Waals surface area contributed by atoms with Crippen molar-refractivity contribution < 1.29 is 19.1 Å². The first-order chi connectivity index (χ1) is 12.8. The molecule has 0 aliphatic rings. The van der Waals surface area contributed by atoms with Gasteiger partial charge in [-0.05, 0) is 44.5 Å². The Bertz CT molecular complexity index is 829. The zero-order valence-corrected chi connectivity index (χ0v) is 17.1. The van der Waals surface area contributed by atoms with Crippen LogP contribution < -0.4 is 5.32 Å². The highest BCUT2D eigenvalue weighted by molar-refractivity contribution is 7.12. The van der Waals surface area contributed by atoms with E-state index < -0.39 is 11.9 Å². The molecule has 1 heterocycles. The molecular formula is C20H22ClNO4S. The fourth-order valence-electron chi connectivity index (χ4n) is 2.59. The van der Waals surface area contributed by atoms with E-state index in [9.17, 15) is 14.4 Å². The van der Waals surface area contributed by atoms with Crippen LogP contribution in [-0.4, -0.2) is 24.3 Å². The molecule has 0 fully saturated rings. The van der Waals surface area contributed by atoms with E-state index in [0.717, 1.165) is 15.3 Å². The third-order valence-corrected chi connectivity index (χ3v) is 5.23. The fraction of sp³-hybridized carbons (Fsp3) is 0.350. The van der Waals surface area contributed by atoms with Crippen molar-refractivity contribution in [2.75, 3.05) is 6.61 Å². The van der Waals surface area contributed by atoms with Crippen LogP contribution in [0, 0.1) is 13.8 Å². The van der Waals surface area contributed by atoms with E-state index >= 15 is 0 Å². The van der Waals surface area contributed by atoms with Crippen LogP contribution in [0.4, 0.5) is 0 Å². The summed E-state index contributed by atoms with van der Waals surface area (Å²) in [6.07, 6.45) is 0.0197. The van der Waals surface area contributed by atoms with E-state index in [1.54, 1.807) is 23.5 Å². The van der Waals surface area contributed by atoms with Gasteiger partial charge in [-0.2, -0.15) is 0 Å². The van der Waals surface area contributed by atoms with Crippen LogP contribution in [0.2, 0.25) is 5.02 Å². The fourth-order valence-corrected chi connectivity index (χ4v) is 3.66. The van der Waals surface area contributed by atoms with E-state index in [1.807, 2.05) is 39.0 Å². The Hall–Kier alpha value is -2.18. The number of benzene rings is 1. The van der Waals surface area contributed by atoms with Crippen LogP contribution in [0.15, 0.2) is 30.3 Å². The van der Waals surface area contributed by atoms with Gasteiger partial charge in [-0.25, -0.2) is 0 Å². The minimum absolute atomic E-state index is 0.0484. The maximum atomic E-state index is 12.2. The van der Waals surface area contributed by atoms with Crippen molar-refractivity contribution in [3.63, 3.8) is 0 Å². The summed E-state index contributed by atoms with van der Waals surface area (Å²) in [6.45, 7) is 5.27. The molecule has 1 atom stereocenters. The molecule has 0 aliphatic heterocycles. The number of esters is 1. The Morgan fingerprint density at radius 2 is 1.81 bits per heavy atom. The van der Waals surface area contributed by atoms with Crippen LogP contribution in [0.25, 0.3) is 0 Å². The lowest BCUT2D eigenvalue weighted by molar-refractivity contribution is -0.148. The summed E-state index contributed by atoms with van der Waals surface area (Å²) >= 11 is 7.39. The molecule has 0 spiro atoms. The minimum Gasteiger partial charge on any atom is -0.456 e. The number of aryl methyl sites for hydroxylation is 2. The predicted molar refractivity (Wildman–Crippen MR) is 106 cm³/mol. The third kappa shape index (κ3) is 6.48. The van der Waals surface area contributed by atoms with Crippen LogP contribution >= 0.6 is 22.9 Å². The number of nitrogens with one attached hydrogen (secondary N) is 1.